The van der Waals surface area contributed by atoms with Gasteiger partial charge in [-0.1, -0.05) is 29.4 Å². The third-order valence-corrected chi connectivity index (χ3v) is 4.87. The van der Waals surface area contributed by atoms with Gasteiger partial charge in [-0.2, -0.15) is 23.3 Å². The maximum atomic E-state index is 12.9. The maximum Gasteiger partial charge on any atom is 0.416 e. The van der Waals surface area contributed by atoms with Crippen LogP contribution < -0.4 is 5.56 Å². The van der Waals surface area contributed by atoms with Gasteiger partial charge >= 0.3 is 6.18 Å². The van der Waals surface area contributed by atoms with Crippen molar-refractivity contribution >= 4 is 0 Å². The van der Waals surface area contributed by atoms with Gasteiger partial charge in [0.15, 0.2) is 0 Å². The Balaban J connectivity index is 1.62. The number of aryl methyl sites for hydroxylation is 2. The lowest BCUT2D eigenvalue weighted by molar-refractivity contribution is -0.137. The van der Waals surface area contributed by atoms with Crippen molar-refractivity contribution in [3.8, 4) is 22.6 Å². The maximum absolute atomic E-state index is 12.9. The van der Waals surface area contributed by atoms with Crippen molar-refractivity contribution < 1.29 is 17.7 Å². The van der Waals surface area contributed by atoms with Crippen LogP contribution in [0.5, 0.6) is 0 Å². The molecule has 0 aliphatic rings. The summed E-state index contributed by atoms with van der Waals surface area (Å²) in [6.07, 6.45) is -4.48. The van der Waals surface area contributed by atoms with E-state index >= 15 is 0 Å². The van der Waals surface area contributed by atoms with E-state index in [1.165, 1.54) is 22.9 Å². The van der Waals surface area contributed by atoms with Crippen LogP contribution in [0.2, 0.25) is 0 Å². The van der Waals surface area contributed by atoms with E-state index in [1.54, 1.807) is 6.07 Å². The number of halogens is 3. The molecule has 31 heavy (non-hydrogen) atoms. The average Bonchev–Trinajstić information content (AvgIpc) is 3.20. The van der Waals surface area contributed by atoms with Gasteiger partial charge in [0.05, 0.1) is 11.3 Å². The second-order valence-corrected chi connectivity index (χ2v) is 7.10. The Kier molecular flexibility index (Phi) is 5.18. The Hall–Kier alpha value is -3.75. The highest BCUT2D eigenvalue weighted by Crippen LogP contribution is 2.31. The predicted octanol–water partition coefficient (Wildman–Crippen LogP) is 4.64. The Bertz CT molecular complexity index is 1310. The fourth-order valence-corrected chi connectivity index (χ4v) is 3.02. The lowest BCUT2D eigenvalue weighted by atomic mass is 10.0. The summed E-state index contributed by atoms with van der Waals surface area (Å²) in [7, 11) is 0. The normalized spacial score (nSPS) is 11.6. The minimum atomic E-state index is -4.48. The molecule has 0 spiro atoms. The van der Waals surface area contributed by atoms with Gasteiger partial charge in [0.1, 0.15) is 6.54 Å². The van der Waals surface area contributed by atoms with Crippen molar-refractivity contribution in [3.63, 3.8) is 0 Å². The summed E-state index contributed by atoms with van der Waals surface area (Å²) in [4.78, 5) is 16.4. The molecule has 0 aliphatic heterocycles. The molecule has 4 rings (SSSR count). The van der Waals surface area contributed by atoms with Crippen LogP contribution in [-0.4, -0.2) is 19.9 Å². The molecular weight excluding hydrogens is 409 g/mol. The molecule has 0 saturated heterocycles. The fraction of sp³-hybridized carbons (Fsp3) is 0.182. The molecule has 158 valence electrons. The van der Waals surface area contributed by atoms with Crippen LogP contribution in [-0.2, 0) is 12.7 Å². The monoisotopic (exact) mass is 426 g/mol. The largest absolute Gasteiger partial charge is 0.416 e. The molecule has 2 heterocycles. The van der Waals surface area contributed by atoms with Crippen LogP contribution in [0.3, 0.4) is 0 Å². The number of benzene rings is 2. The van der Waals surface area contributed by atoms with Gasteiger partial charge in [-0.15, -0.1) is 0 Å². The third kappa shape index (κ3) is 4.40. The van der Waals surface area contributed by atoms with E-state index < -0.39 is 11.7 Å². The number of aromatic nitrogens is 4. The first-order valence-corrected chi connectivity index (χ1v) is 9.37. The Morgan fingerprint density at radius 1 is 0.968 bits per heavy atom. The standard InChI is InChI=1S/C22H17F3N4O2/c1-13-6-7-15(10-14(13)2)18-8-9-20(30)29(27-18)12-19-26-21(28-31-19)16-4-3-5-17(11-16)22(23,24)25/h3-11H,12H2,1-2H3. The van der Waals surface area contributed by atoms with Crippen molar-refractivity contribution in [2.75, 3.05) is 0 Å². The van der Waals surface area contributed by atoms with Gasteiger partial charge in [-0.05, 0) is 49.2 Å². The highest BCUT2D eigenvalue weighted by molar-refractivity contribution is 5.60. The number of hydrogen-bond donors (Lipinski definition) is 0. The molecule has 6 nitrogen and oxygen atoms in total. The summed E-state index contributed by atoms with van der Waals surface area (Å²) in [5.74, 6) is 0.0544. The van der Waals surface area contributed by atoms with Gasteiger partial charge in [0, 0.05) is 17.2 Å². The molecule has 0 amide bonds. The quantitative estimate of drug-likeness (QED) is 0.475. The summed E-state index contributed by atoms with van der Waals surface area (Å²) in [5.41, 5.74) is 2.67. The Morgan fingerprint density at radius 3 is 2.52 bits per heavy atom. The first-order valence-electron chi connectivity index (χ1n) is 9.37. The molecule has 4 aromatic rings. The molecule has 0 fully saturated rings. The van der Waals surface area contributed by atoms with Crippen molar-refractivity contribution in [3.05, 3.63) is 87.5 Å². The van der Waals surface area contributed by atoms with E-state index in [4.69, 9.17) is 4.52 Å². The van der Waals surface area contributed by atoms with E-state index in [-0.39, 0.29) is 29.4 Å². The number of rotatable bonds is 4. The molecule has 0 N–H and O–H groups in total. The van der Waals surface area contributed by atoms with Crippen LogP contribution in [0.4, 0.5) is 13.2 Å². The summed E-state index contributed by atoms with van der Waals surface area (Å²) < 4.78 is 45.1. The third-order valence-electron chi connectivity index (χ3n) is 4.87. The summed E-state index contributed by atoms with van der Waals surface area (Å²) in [6.45, 7) is 3.89. The minimum Gasteiger partial charge on any atom is -0.337 e. The van der Waals surface area contributed by atoms with Crippen molar-refractivity contribution in [1.29, 1.82) is 0 Å². The zero-order chi connectivity index (χ0) is 22.2. The lowest BCUT2D eigenvalue weighted by Gasteiger charge is -2.07. The van der Waals surface area contributed by atoms with Crippen LogP contribution in [0.15, 0.2) is 63.9 Å². The second kappa shape index (κ2) is 7.82. The topological polar surface area (TPSA) is 73.8 Å². The Labute approximate surface area is 175 Å². The van der Waals surface area contributed by atoms with E-state index in [2.05, 4.69) is 15.2 Å². The molecule has 0 bridgehead atoms. The average molecular weight is 426 g/mol. The van der Waals surface area contributed by atoms with Crippen LogP contribution in [0.25, 0.3) is 22.6 Å². The van der Waals surface area contributed by atoms with Gasteiger partial charge in [-0.3, -0.25) is 4.79 Å². The highest BCUT2D eigenvalue weighted by atomic mass is 19.4. The number of hydrogen-bond acceptors (Lipinski definition) is 5. The summed E-state index contributed by atoms with van der Waals surface area (Å²) in [5, 5.41) is 8.11. The first kappa shape index (κ1) is 20.5. The second-order valence-electron chi connectivity index (χ2n) is 7.10. The molecule has 0 atom stereocenters. The van der Waals surface area contributed by atoms with Crippen molar-refractivity contribution in [1.82, 2.24) is 19.9 Å². The van der Waals surface area contributed by atoms with Crippen molar-refractivity contribution in [2.45, 2.75) is 26.6 Å². The van der Waals surface area contributed by atoms with Crippen molar-refractivity contribution in [2.24, 2.45) is 0 Å². The minimum absolute atomic E-state index is 0.000497. The molecule has 2 aromatic carbocycles. The first-order chi connectivity index (χ1) is 14.7. The molecule has 0 saturated carbocycles. The molecular formula is C22H17F3N4O2. The smallest absolute Gasteiger partial charge is 0.337 e. The van der Waals surface area contributed by atoms with Crippen LogP contribution >= 0.6 is 0 Å². The van der Waals surface area contributed by atoms with E-state index in [1.807, 2.05) is 32.0 Å². The van der Waals surface area contributed by atoms with E-state index in [0.29, 0.717) is 5.69 Å². The molecule has 9 heteroatoms. The van der Waals surface area contributed by atoms with Gasteiger partial charge < -0.3 is 4.52 Å². The zero-order valence-electron chi connectivity index (χ0n) is 16.6. The lowest BCUT2D eigenvalue weighted by Crippen LogP contribution is -2.23. The highest BCUT2D eigenvalue weighted by Gasteiger charge is 2.30. The zero-order valence-corrected chi connectivity index (χ0v) is 16.6. The van der Waals surface area contributed by atoms with Crippen LogP contribution in [0, 0.1) is 13.8 Å². The number of nitrogens with zero attached hydrogens (tertiary/aromatic N) is 4. The fourth-order valence-electron chi connectivity index (χ4n) is 3.02. The van der Waals surface area contributed by atoms with Crippen LogP contribution in [0.1, 0.15) is 22.6 Å². The number of alkyl halides is 3. The summed E-state index contributed by atoms with van der Waals surface area (Å²) >= 11 is 0. The predicted molar refractivity (Wildman–Crippen MR) is 107 cm³/mol. The Morgan fingerprint density at radius 2 is 1.77 bits per heavy atom. The molecule has 2 aromatic heterocycles. The van der Waals surface area contributed by atoms with E-state index in [0.717, 1.165) is 28.8 Å². The van der Waals surface area contributed by atoms with Gasteiger partial charge in [0.2, 0.25) is 11.7 Å². The molecule has 0 radical (unpaired) electrons. The summed E-state index contributed by atoms with van der Waals surface area (Å²) in [6, 6.07) is 13.5. The molecule has 0 unspecified atom stereocenters. The SMILES string of the molecule is Cc1ccc(-c2ccc(=O)n(Cc3nc(-c4cccc(C(F)(F)F)c4)no3)n2)cc1C. The van der Waals surface area contributed by atoms with E-state index in [9.17, 15) is 18.0 Å². The van der Waals surface area contributed by atoms with Gasteiger partial charge in [0.25, 0.3) is 5.56 Å². The van der Waals surface area contributed by atoms with Gasteiger partial charge in [-0.25, -0.2) is 4.68 Å². The molecule has 0 aliphatic carbocycles.